The lowest BCUT2D eigenvalue weighted by Crippen LogP contribution is -2.34. The van der Waals surface area contributed by atoms with Crippen molar-refractivity contribution in [2.75, 3.05) is 18.0 Å². The fourth-order valence-electron chi connectivity index (χ4n) is 3.63. The molecule has 1 saturated heterocycles. The number of piperidine rings is 1. The summed E-state index contributed by atoms with van der Waals surface area (Å²) in [6.07, 6.45) is 5.62. The molecule has 8 nitrogen and oxygen atoms in total. The Morgan fingerprint density at radius 2 is 2.04 bits per heavy atom. The van der Waals surface area contributed by atoms with Crippen LogP contribution in [0.2, 0.25) is 0 Å². The van der Waals surface area contributed by atoms with E-state index in [1.807, 2.05) is 43.0 Å². The summed E-state index contributed by atoms with van der Waals surface area (Å²) in [5.74, 6) is 3.09. The zero-order valence-corrected chi connectivity index (χ0v) is 15.6. The van der Waals surface area contributed by atoms with Crippen molar-refractivity contribution in [3.63, 3.8) is 0 Å². The van der Waals surface area contributed by atoms with Crippen LogP contribution in [0.4, 0.5) is 5.82 Å². The summed E-state index contributed by atoms with van der Waals surface area (Å²) in [5, 5.41) is 22.4. The van der Waals surface area contributed by atoms with E-state index < -0.39 is 0 Å². The zero-order chi connectivity index (χ0) is 18.8. The Morgan fingerprint density at radius 3 is 2.74 bits per heavy atom. The molecule has 0 atom stereocenters. The van der Waals surface area contributed by atoms with Gasteiger partial charge in [-0.3, -0.25) is 4.68 Å². The highest BCUT2D eigenvalue weighted by Crippen LogP contribution is 2.30. The Balaban J connectivity index is 1.46. The van der Waals surface area contributed by atoms with Gasteiger partial charge in [0, 0.05) is 44.1 Å². The molecule has 0 radical (unpaired) electrons. The molecule has 0 spiro atoms. The summed E-state index contributed by atoms with van der Waals surface area (Å²) in [6.45, 7) is 4.29. The average Bonchev–Trinajstić information content (AvgIpc) is 3.33. The second kappa shape index (κ2) is 7.19. The molecule has 0 saturated carbocycles. The molecule has 4 heterocycles. The molecule has 1 fully saturated rings. The molecule has 0 N–H and O–H groups in total. The van der Waals surface area contributed by atoms with Crippen LogP contribution in [0.1, 0.15) is 41.7 Å². The Morgan fingerprint density at radius 1 is 1.22 bits per heavy atom. The minimum Gasteiger partial charge on any atom is -0.355 e. The molecular formula is C19H22N8. The van der Waals surface area contributed by atoms with Crippen LogP contribution in [0.3, 0.4) is 0 Å². The normalized spacial score (nSPS) is 15.1. The molecule has 1 aliphatic heterocycles. The Labute approximate surface area is 158 Å². The van der Waals surface area contributed by atoms with Crippen LogP contribution in [0, 0.1) is 18.3 Å². The van der Waals surface area contributed by atoms with Gasteiger partial charge in [-0.05, 0) is 38.0 Å². The first-order valence-corrected chi connectivity index (χ1v) is 9.14. The Hall–Kier alpha value is -3.21. The number of aromatic nitrogens is 6. The van der Waals surface area contributed by atoms with Crippen LogP contribution >= 0.6 is 0 Å². The van der Waals surface area contributed by atoms with Gasteiger partial charge in [0.15, 0.2) is 5.82 Å². The van der Waals surface area contributed by atoms with Crippen molar-refractivity contribution >= 4 is 5.82 Å². The maximum absolute atomic E-state index is 9.37. The van der Waals surface area contributed by atoms with E-state index in [0.29, 0.717) is 18.0 Å². The van der Waals surface area contributed by atoms with Crippen LogP contribution in [-0.2, 0) is 13.6 Å². The number of rotatable bonds is 4. The topological polar surface area (TPSA) is 88.5 Å². The van der Waals surface area contributed by atoms with Crippen molar-refractivity contribution in [1.82, 2.24) is 29.5 Å². The van der Waals surface area contributed by atoms with Crippen molar-refractivity contribution in [3.05, 3.63) is 53.5 Å². The summed E-state index contributed by atoms with van der Waals surface area (Å²) in [4.78, 5) is 6.80. The van der Waals surface area contributed by atoms with Crippen molar-refractivity contribution in [2.24, 2.45) is 7.05 Å². The molecular weight excluding hydrogens is 340 g/mol. The number of pyridine rings is 1. The molecule has 138 valence electrons. The second-order valence-corrected chi connectivity index (χ2v) is 6.93. The highest BCUT2D eigenvalue weighted by Gasteiger charge is 2.27. The predicted octanol–water partition coefficient (Wildman–Crippen LogP) is 2.02. The molecule has 1 aliphatic rings. The molecule has 27 heavy (non-hydrogen) atoms. The smallest absolute Gasteiger partial charge is 0.154 e. The van der Waals surface area contributed by atoms with Gasteiger partial charge in [-0.15, -0.1) is 10.2 Å². The lowest BCUT2D eigenvalue weighted by molar-refractivity contribution is 0.469. The third kappa shape index (κ3) is 3.40. The zero-order valence-electron chi connectivity index (χ0n) is 15.6. The predicted molar refractivity (Wildman–Crippen MR) is 100 cm³/mol. The van der Waals surface area contributed by atoms with E-state index >= 15 is 0 Å². The van der Waals surface area contributed by atoms with Gasteiger partial charge in [0.25, 0.3) is 0 Å². The van der Waals surface area contributed by atoms with Crippen molar-refractivity contribution < 1.29 is 0 Å². The molecule has 0 aromatic carbocycles. The fourth-order valence-corrected chi connectivity index (χ4v) is 3.63. The summed E-state index contributed by atoms with van der Waals surface area (Å²) in [6, 6.07) is 7.90. The quantitative estimate of drug-likeness (QED) is 0.705. The molecule has 0 aliphatic carbocycles. The van der Waals surface area contributed by atoms with Crippen LogP contribution in [0.25, 0.3) is 0 Å². The van der Waals surface area contributed by atoms with Gasteiger partial charge >= 0.3 is 0 Å². The van der Waals surface area contributed by atoms with Gasteiger partial charge in [-0.1, -0.05) is 0 Å². The molecule has 0 amide bonds. The summed E-state index contributed by atoms with van der Waals surface area (Å²) in [5.41, 5.74) is 1.57. The van der Waals surface area contributed by atoms with Crippen molar-refractivity contribution in [2.45, 2.75) is 32.2 Å². The van der Waals surface area contributed by atoms with Gasteiger partial charge < -0.3 is 9.47 Å². The SMILES string of the molecule is Cc1ccc(C#N)c(N2CCC(c3nnc(Cn4cccn4)n3C)CC2)n1. The summed E-state index contributed by atoms with van der Waals surface area (Å²) < 4.78 is 3.94. The largest absolute Gasteiger partial charge is 0.355 e. The fraction of sp³-hybridized carbons (Fsp3) is 0.421. The first-order chi connectivity index (χ1) is 13.2. The van der Waals surface area contributed by atoms with Gasteiger partial charge in [-0.25, -0.2) is 4.98 Å². The van der Waals surface area contributed by atoms with Gasteiger partial charge in [0.05, 0.1) is 5.56 Å². The minimum atomic E-state index is 0.362. The summed E-state index contributed by atoms with van der Waals surface area (Å²) >= 11 is 0. The number of hydrogen-bond donors (Lipinski definition) is 0. The minimum absolute atomic E-state index is 0.362. The first-order valence-electron chi connectivity index (χ1n) is 9.14. The van der Waals surface area contributed by atoms with E-state index in [2.05, 4.69) is 35.8 Å². The average molecular weight is 362 g/mol. The molecule has 3 aromatic heterocycles. The van der Waals surface area contributed by atoms with Crippen molar-refractivity contribution in [1.29, 1.82) is 5.26 Å². The second-order valence-electron chi connectivity index (χ2n) is 6.93. The third-order valence-corrected chi connectivity index (χ3v) is 5.16. The maximum Gasteiger partial charge on any atom is 0.154 e. The van der Waals surface area contributed by atoms with E-state index in [1.165, 1.54) is 0 Å². The molecule has 0 bridgehead atoms. The highest BCUT2D eigenvalue weighted by atomic mass is 15.3. The third-order valence-electron chi connectivity index (χ3n) is 5.16. The lowest BCUT2D eigenvalue weighted by Gasteiger charge is -2.32. The van der Waals surface area contributed by atoms with E-state index in [4.69, 9.17) is 0 Å². The summed E-state index contributed by atoms with van der Waals surface area (Å²) in [7, 11) is 2.02. The number of hydrogen-bond acceptors (Lipinski definition) is 6. The standard InChI is InChI=1S/C19H22N8/c1-14-4-5-16(12-20)18(22-14)26-10-6-15(7-11-26)19-24-23-17(25(19)2)13-27-9-3-8-21-27/h3-5,8-9,15H,6-7,10-11,13H2,1-2H3. The van der Waals surface area contributed by atoms with Gasteiger partial charge in [0.2, 0.25) is 0 Å². The lowest BCUT2D eigenvalue weighted by atomic mass is 9.95. The van der Waals surface area contributed by atoms with Gasteiger partial charge in [0.1, 0.15) is 24.3 Å². The van der Waals surface area contributed by atoms with Gasteiger partial charge in [-0.2, -0.15) is 10.4 Å². The van der Waals surface area contributed by atoms with E-state index in [-0.39, 0.29) is 0 Å². The first kappa shape index (κ1) is 17.2. The molecule has 3 aromatic rings. The molecule has 4 rings (SSSR count). The highest BCUT2D eigenvalue weighted by molar-refractivity contribution is 5.54. The Bertz CT molecular complexity index is 958. The number of anilines is 1. The van der Waals surface area contributed by atoms with E-state index in [9.17, 15) is 5.26 Å². The van der Waals surface area contributed by atoms with Crippen LogP contribution in [-0.4, -0.2) is 42.6 Å². The monoisotopic (exact) mass is 362 g/mol. The van der Waals surface area contributed by atoms with Crippen molar-refractivity contribution in [3.8, 4) is 6.07 Å². The number of nitrogens with zero attached hydrogens (tertiary/aromatic N) is 8. The van der Waals surface area contributed by atoms with E-state index in [0.717, 1.165) is 49.1 Å². The molecule has 8 heteroatoms. The molecule has 0 unspecified atom stereocenters. The number of nitriles is 1. The van der Waals surface area contributed by atoms with Crippen LogP contribution in [0.5, 0.6) is 0 Å². The Kier molecular flexibility index (Phi) is 4.59. The maximum atomic E-state index is 9.37. The van der Waals surface area contributed by atoms with E-state index in [1.54, 1.807) is 6.20 Å². The van der Waals surface area contributed by atoms with Crippen LogP contribution < -0.4 is 4.90 Å². The number of aryl methyl sites for hydroxylation is 1. The van der Waals surface area contributed by atoms with Crippen LogP contribution in [0.15, 0.2) is 30.6 Å².